The first kappa shape index (κ1) is 7.35. The highest BCUT2D eigenvalue weighted by Gasteiger charge is 2.40. The standard InChI is InChI=1S/C8H14IN/c1-6-5-7-3-2-4-8(7)10(6)9/h6-8H,2-5H2,1H3. The monoisotopic (exact) mass is 251 g/mol. The molecule has 1 heterocycles. The predicted molar refractivity (Wildman–Crippen MR) is 51.1 cm³/mol. The Balaban J connectivity index is 2.09. The largest absolute Gasteiger partial charge is 0.241 e. The van der Waals surface area contributed by atoms with Crippen LogP contribution in [0.15, 0.2) is 0 Å². The second-order valence-electron chi connectivity index (χ2n) is 3.69. The van der Waals surface area contributed by atoms with Crippen LogP contribution in [0.5, 0.6) is 0 Å². The predicted octanol–water partition coefficient (Wildman–Crippen LogP) is 2.60. The van der Waals surface area contributed by atoms with Crippen LogP contribution in [-0.4, -0.2) is 15.2 Å². The first-order valence-corrected chi connectivity index (χ1v) is 5.19. The van der Waals surface area contributed by atoms with Crippen molar-refractivity contribution in [3.63, 3.8) is 0 Å². The van der Waals surface area contributed by atoms with Gasteiger partial charge in [-0.25, -0.2) is 3.11 Å². The Kier molecular flexibility index (Phi) is 1.93. The van der Waals surface area contributed by atoms with E-state index in [0.717, 1.165) is 18.0 Å². The van der Waals surface area contributed by atoms with Crippen molar-refractivity contribution in [3.05, 3.63) is 0 Å². The van der Waals surface area contributed by atoms with Gasteiger partial charge >= 0.3 is 0 Å². The number of rotatable bonds is 0. The van der Waals surface area contributed by atoms with Crippen molar-refractivity contribution < 1.29 is 0 Å². The van der Waals surface area contributed by atoms with Gasteiger partial charge in [0.25, 0.3) is 0 Å². The van der Waals surface area contributed by atoms with Crippen LogP contribution in [0.1, 0.15) is 32.6 Å². The summed E-state index contributed by atoms with van der Waals surface area (Å²) < 4.78 is 2.55. The van der Waals surface area contributed by atoms with Crippen LogP contribution in [0.25, 0.3) is 0 Å². The van der Waals surface area contributed by atoms with Gasteiger partial charge in [-0.15, -0.1) is 0 Å². The molecule has 0 radical (unpaired) electrons. The zero-order chi connectivity index (χ0) is 7.14. The lowest BCUT2D eigenvalue weighted by Gasteiger charge is -2.18. The van der Waals surface area contributed by atoms with Gasteiger partial charge in [-0.3, -0.25) is 0 Å². The Morgan fingerprint density at radius 2 is 2.20 bits per heavy atom. The average Bonchev–Trinajstić information content (AvgIpc) is 2.41. The molecule has 0 aromatic carbocycles. The second kappa shape index (κ2) is 2.63. The molecule has 0 aromatic heterocycles. The smallest absolute Gasteiger partial charge is 0.0225 e. The van der Waals surface area contributed by atoms with Gasteiger partial charge in [-0.2, -0.15) is 0 Å². The molecule has 2 heteroatoms. The topological polar surface area (TPSA) is 3.24 Å². The van der Waals surface area contributed by atoms with Crippen molar-refractivity contribution in [2.75, 3.05) is 0 Å². The molecular weight excluding hydrogens is 237 g/mol. The lowest BCUT2D eigenvalue weighted by Crippen LogP contribution is -2.24. The van der Waals surface area contributed by atoms with Crippen molar-refractivity contribution in [1.82, 2.24) is 3.11 Å². The summed E-state index contributed by atoms with van der Waals surface area (Å²) in [6, 6.07) is 1.78. The minimum Gasteiger partial charge on any atom is -0.241 e. The van der Waals surface area contributed by atoms with E-state index >= 15 is 0 Å². The molecule has 0 spiro atoms. The molecule has 1 aliphatic heterocycles. The van der Waals surface area contributed by atoms with E-state index in [1.807, 2.05) is 0 Å². The highest BCUT2D eigenvalue weighted by molar-refractivity contribution is 14.1. The molecule has 2 fully saturated rings. The molecule has 3 atom stereocenters. The number of nitrogens with zero attached hydrogens (tertiary/aromatic N) is 1. The molecule has 1 aliphatic carbocycles. The molecule has 10 heavy (non-hydrogen) atoms. The molecule has 58 valence electrons. The van der Waals surface area contributed by atoms with Gasteiger partial charge in [0.2, 0.25) is 0 Å². The number of fused-ring (bicyclic) bond motifs is 1. The number of halogens is 1. The average molecular weight is 251 g/mol. The summed E-state index contributed by atoms with van der Waals surface area (Å²) in [6.07, 6.45) is 5.88. The lowest BCUT2D eigenvalue weighted by molar-refractivity contribution is 0.393. The minimum atomic E-state index is 0.843. The van der Waals surface area contributed by atoms with Gasteiger partial charge in [0.15, 0.2) is 0 Å². The normalized spacial score (nSPS) is 48.0. The van der Waals surface area contributed by atoms with Gasteiger partial charge in [0.1, 0.15) is 0 Å². The van der Waals surface area contributed by atoms with Gasteiger partial charge < -0.3 is 0 Å². The molecule has 0 bridgehead atoms. The fourth-order valence-electron chi connectivity index (χ4n) is 2.48. The Hall–Kier alpha value is 0.690. The molecule has 1 nitrogen and oxygen atoms in total. The number of hydrogen-bond donors (Lipinski definition) is 0. The Labute approximate surface area is 76.7 Å². The van der Waals surface area contributed by atoms with E-state index in [4.69, 9.17) is 0 Å². The van der Waals surface area contributed by atoms with E-state index in [1.165, 1.54) is 25.7 Å². The van der Waals surface area contributed by atoms with E-state index in [-0.39, 0.29) is 0 Å². The van der Waals surface area contributed by atoms with Crippen molar-refractivity contribution in [2.45, 2.75) is 44.7 Å². The molecule has 1 saturated carbocycles. The molecule has 0 aromatic rings. The van der Waals surface area contributed by atoms with Gasteiger partial charge in [0.05, 0.1) is 0 Å². The van der Waals surface area contributed by atoms with Crippen LogP contribution in [-0.2, 0) is 0 Å². The van der Waals surface area contributed by atoms with Gasteiger partial charge in [-0.05, 0) is 32.1 Å². The molecule has 0 N–H and O–H groups in total. The summed E-state index contributed by atoms with van der Waals surface area (Å²) in [5.41, 5.74) is 0. The van der Waals surface area contributed by atoms with E-state index in [9.17, 15) is 0 Å². The first-order valence-electron chi connectivity index (χ1n) is 4.23. The summed E-state index contributed by atoms with van der Waals surface area (Å²) in [6.45, 7) is 2.35. The lowest BCUT2D eigenvalue weighted by atomic mass is 10.0. The molecule has 1 saturated heterocycles. The van der Waals surface area contributed by atoms with Crippen LogP contribution in [0.2, 0.25) is 0 Å². The summed E-state index contributed by atoms with van der Waals surface area (Å²) in [5.74, 6) is 1.05. The highest BCUT2D eigenvalue weighted by atomic mass is 127. The van der Waals surface area contributed by atoms with Crippen LogP contribution in [0.4, 0.5) is 0 Å². The third kappa shape index (κ3) is 0.998. The minimum absolute atomic E-state index is 0.843. The highest BCUT2D eigenvalue weighted by Crippen LogP contribution is 2.42. The summed E-state index contributed by atoms with van der Waals surface area (Å²) in [5, 5.41) is 0. The van der Waals surface area contributed by atoms with E-state index < -0.39 is 0 Å². The van der Waals surface area contributed by atoms with Crippen LogP contribution >= 0.6 is 22.9 Å². The maximum atomic E-state index is 2.55. The zero-order valence-electron chi connectivity index (χ0n) is 6.39. The van der Waals surface area contributed by atoms with Crippen molar-refractivity contribution in [2.24, 2.45) is 5.92 Å². The molecular formula is C8H14IN. The zero-order valence-corrected chi connectivity index (χ0v) is 8.54. The summed E-state index contributed by atoms with van der Waals surface area (Å²) in [7, 11) is 0. The third-order valence-corrected chi connectivity index (χ3v) is 4.67. The van der Waals surface area contributed by atoms with Crippen molar-refractivity contribution in [1.29, 1.82) is 0 Å². The quantitative estimate of drug-likeness (QED) is 0.472. The fourth-order valence-corrected chi connectivity index (χ4v) is 3.44. The van der Waals surface area contributed by atoms with E-state index in [1.54, 1.807) is 0 Å². The maximum absolute atomic E-state index is 2.55. The third-order valence-electron chi connectivity index (χ3n) is 3.00. The summed E-state index contributed by atoms with van der Waals surface area (Å²) in [4.78, 5) is 0. The SMILES string of the molecule is CC1CC2CCCC2N1I. The maximum Gasteiger partial charge on any atom is 0.0225 e. The van der Waals surface area contributed by atoms with Gasteiger partial charge in [-0.1, -0.05) is 6.42 Å². The van der Waals surface area contributed by atoms with Crippen LogP contribution in [0.3, 0.4) is 0 Å². The molecule has 0 amide bonds. The first-order chi connectivity index (χ1) is 4.79. The van der Waals surface area contributed by atoms with E-state index in [0.29, 0.717) is 0 Å². The molecule has 2 aliphatic rings. The van der Waals surface area contributed by atoms with Crippen molar-refractivity contribution in [3.8, 4) is 0 Å². The Bertz CT molecular complexity index is 135. The second-order valence-corrected chi connectivity index (χ2v) is 4.80. The Morgan fingerprint density at radius 3 is 2.90 bits per heavy atom. The Morgan fingerprint density at radius 1 is 1.40 bits per heavy atom. The molecule has 2 rings (SSSR count). The summed E-state index contributed by atoms with van der Waals surface area (Å²) >= 11 is 2.51. The van der Waals surface area contributed by atoms with Crippen LogP contribution < -0.4 is 0 Å². The molecule has 3 unspecified atom stereocenters. The van der Waals surface area contributed by atoms with Crippen LogP contribution in [0, 0.1) is 5.92 Å². The van der Waals surface area contributed by atoms with E-state index in [2.05, 4.69) is 32.9 Å². The van der Waals surface area contributed by atoms with Crippen molar-refractivity contribution >= 4 is 22.9 Å². The number of hydrogen-bond acceptors (Lipinski definition) is 1. The fraction of sp³-hybridized carbons (Fsp3) is 1.00. The van der Waals surface area contributed by atoms with Gasteiger partial charge in [0, 0.05) is 34.9 Å².